The van der Waals surface area contributed by atoms with Crippen molar-refractivity contribution in [2.75, 3.05) is 6.54 Å². The first-order valence-corrected chi connectivity index (χ1v) is 7.36. The van der Waals surface area contributed by atoms with Crippen LogP contribution in [0.4, 0.5) is 0 Å². The molecule has 0 fully saturated rings. The fourth-order valence-electron chi connectivity index (χ4n) is 2.21. The molecular weight excluding hydrogens is 272 g/mol. The van der Waals surface area contributed by atoms with Crippen molar-refractivity contribution in [2.45, 2.75) is 40.2 Å². The molecule has 0 aromatic heterocycles. The zero-order valence-electron chi connectivity index (χ0n) is 12.7. The van der Waals surface area contributed by atoms with Crippen molar-refractivity contribution >= 4 is 17.5 Å². The molecule has 1 unspecified atom stereocenters. The third-order valence-electron chi connectivity index (χ3n) is 3.22. The standard InChI is InChI=1S/C16H25ClN2O/c1-11(12-6-5-7-14(17)8-12)19-15(20)13(10-18)9-16(2,3)4/h5-8,11,13H,9-10,18H2,1-4H3,(H,19,20)/t11-,13?/m0/s1. The Kier molecular flexibility index (Phi) is 6.03. The fourth-order valence-corrected chi connectivity index (χ4v) is 2.41. The first-order valence-electron chi connectivity index (χ1n) is 6.99. The third-order valence-corrected chi connectivity index (χ3v) is 3.46. The van der Waals surface area contributed by atoms with Gasteiger partial charge in [-0.3, -0.25) is 4.79 Å². The molecule has 0 radical (unpaired) electrons. The van der Waals surface area contributed by atoms with E-state index >= 15 is 0 Å². The molecule has 0 aliphatic carbocycles. The molecule has 3 N–H and O–H groups in total. The second-order valence-corrected chi connectivity index (χ2v) is 6.92. The van der Waals surface area contributed by atoms with Crippen LogP contribution in [0.15, 0.2) is 24.3 Å². The van der Waals surface area contributed by atoms with Crippen molar-refractivity contribution in [3.63, 3.8) is 0 Å². The van der Waals surface area contributed by atoms with Gasteiger partial charge in [-0.1, -0.05) is 44.5 Å². The van der Waals surface area contributed by atoms with E-state index in [2.05, 4.69) is 26.1 Å². The Morgan fingerprint density at radius 2 is 2.05 bits per heavy atom. The number of hydrogen-bond acceptors (Lipinski definition) is 2. The van der Waals surface area contributed by atoms with Gasteiger partial charge in [-0.2, -0.15) is 0 Å². The molecule has 2 atom stereocenters. The van der Waals surface area contributed by atoms with E-state index in [1.807, 2.05) is 31.2 Å². The van der Waals surface area contributed by atoms with E-state index in [1.165, 1.54) is 0 Å². The van der Waals surface area contributed by atoms with Crippen LogP contribution in [-0.4, -0.2) is 12.5 Å². The molecule has 0 bridgehead atoms. The topological polar surface area (TPSA) is 55.1 Å². The van der Waals surface area contributed by atoms with Gasteiger partial charge in [-0.05, 0) is 36.5 Å². The number of amides is 1. The van der Waals surface area contributed by atoms with E-state index < -0.39 is 0 Å². The molecule has 1 aromatic carbocycles. The molecule has 4 heteroatoms. The van der Waals surface area contributed by atoms with E-state index in [9.17, 15) is 4.79 Å². The number of carbonyl (C=O) groups is 1. The minimum absolute atomic E-state index is 0.00917. The lowest BCUT2D eigenvalue weighted by Crippen LogP contribution is -2.38. The van der Waals surface area contributed by atoms with Crippen LogP contribution in [0.3, 0.4) is 0 Å². The Bertz CT molecular complexity index is 454. The molecule has 0 heterocycles. The molecule has 0 saturated carbocycles. The molecule has 0 aliphatic rings. The number of hydrogen-bond donors (Lipinski definition) is 2. The molecule has 20 heavy (non-hydrogen) atoms. The Hall–Kier alpha value is -1.06. The van der Waals surface area contributed by atoms with Gasteiger partial charge < -0.3 is 11.1 Å². The van der Waals surface area contributed by atoms with Crippen molar-refractivity contribution in [3.8, 4) is 0 Å². The molecular formula is C16H25ClN2O. The second-order valence-electron chi connectivity index (χ2n) is 6.48. The number of carbonyl (C=O) groups excluding carboxylic acids is 1. The molecule has 0 aliphatic heterocycles. The van der Waals surface area contributed by atoms with Crippen molar-refractivity contribution in [3.05, 3.63) is 34.9 Å². The Morgan fingerprint density at radius 1 is 1.40 bits per heavy atom. The summed E-state index contributed by atoms with van der Waals surface area (Å²) in [5.41, 5.74) is 6.82. The van der Waals surface area contributed by atoms with E-state index in [0.717, 1.165) is 12.0 Å². The van der Waals surface area contributed by atoms with Gasteiger partial charge in [0.05, 0.1) is 12.0 Å². The lowest BCUT2D eigenvalue weighted by molar-refractivity contribution is -0.126. The Labute approximate surface area is 126 Å². The Balaban J connectivity index is 2.68. The summed E-state index contributed by atoms with van der Waals surface area (Å²) in [6.45, 7) is 8.66. The summed E-state index contributed by atoms with van der Waals surface area (Å²) in [5, 5.41) is 3.69. The summed E-state index contributed by atoms with van der Waals surface area (Å²) in [4.78, 5) is 12.3. The van der Waals surface area contributed by atoms with E-state index in [0.29, 0.717) is 11.6 Å². The maximum Gasteiger partial charge on any atom is 0.224 e. The fraction of sp³-hybridized carbons (Fsp3) is 0.562. The molecule has 1 rings (SSSR count). The Morgan fingerprint density at radius 3 is 2.55 bits per heavy atom. The first kappa shape index (κ1) is 17.0. The predicted octanol–water partition coefficient (Wildman–Crippen LogP) is 3.53. The van der Waals surface area contributed by atoms with Gasteiger partial charge in [0.2, 0.25) is 5.91 Å². The summed E-state index contributed by atoms with van der Waals surface area (Å²) in [7, 11) is 0. The highest BCUT2D eigenvalue weighted by Gasteiger charge is 2.24. The maximum atomic E-state index is 12.3. The highest BCUT2D eigenvalue weighted by molar-refractivity contribution is 6.30. The second kappa shape index (κ2) is 7.09. The summed E-state index contributed by atoms with van der Waals surface area (Å²) in [5.74, 6) is -0.147. The van der Waals surface area contributed by atoms with Crippen LogP contribution in [0, 0.1) is 11.3 Å². The van der Waals surface area contributed by atoms with Crippen molar-refractivity contribution < 1.29 is 4.79 Å². The third kappa shape index (κ3) is 5.51. The summed E-state index contributed by atoms with van der Waals surface area (Å²) in [6.07, 6.45) is 0.775. The minimum atomic E-state index is -0.156. The number of nitrogens with two attached hydrogens (primary N) is 1. The van der Waals surface area contributed by atoms with Crippen LogP contribution in [0.2, 0.25) is 5.02 Å². The van der Waals surface area contributed by atoms with Gasteiger partial charge in [0, 0.05) is 11.6 Å². The zero-order chi connectivity index (χ0) is 15.3. The lowest BCUT2D eigenvalue weighted by atomic mass is 9.84. The van der Waals surface area contributed by atoms with Crippen LogP contribution >= 0.6 is 11.6 Å². The van der Waals surface area contributed by atoms with Crippen molar-refractivity contribution in [2.24, 2.45) is 17.1 Å². The monoisotopic (exact) mass is 296 g/mol. The smallest absolute Gasteiger partial charge is 0.224 e. The summed E-state index contributed by atoms with van der Waals surface area (Å²) < 4.78 is 0. The van der Waals surface area contributed by atoms with Gasteiger partial charge in [-0.25, -0.2) is 0 Å². The quantitative estimate of drug-likeness (QED) is 0.873. The van der Waals surface area contributed by atoms with Crippen molar-refractivity contribution in [1.29, 1.82) is 0 Å². The summed E-state index contributed by atoms with van der Waals surface area (Å²) in [6, 6.07) is 7.46. The average molecular weight is 297 g/mol. The molecule has 0 spiro atoms. The molecule has 3 nitrogen and oxygen atoms in total. The van der Waals surface area contributed by atoms with Gasteiger partial charge >= 0.3 is 0 Å². The highest BCUT2D eigenvalue weighted by Crippen LogP contribution is 2.25. The zero-order valence-corrected chi connectivity index (χ0v) is 13.5. The van der Waals surface area contributed by atoms with Crippen LogP contribution in [0.5, 0.6) is 0 Å². The number of nitrogens with one attached hydrogen (secondary N) is 1. The minimum Gasteiger partial charge on any atom is -0.349 e. The molecule has 1 amide bonds. The van der Waals surface area contributed by atoms with Gasteiger partial charge in [0.25, 0.3) is 0 Å². The highest BCUT2D eigenvalue weighted by atomic mass is 35.5. The first-order chi connectivity index (χ1) is 9.23. The molecule has 1 aromatic rings. The van der Waals surface area contributed by atoms with E-state index in [1.54, 1.807) is 0 Å². The normalized spacial score (nSPS) is 14.7. The van der Waals surface area contributed by atoms with Crippen LogP contribution in [0.25, 0.3) is 0 Å². The van der Waals surface area contributed by atoms with Gasteiger partial charge in [0.15, 0.2) is 0 Å². The molecule has 112 valence electrons. The SMILES string of the molecule is C[C@H](NC(=O)C(CN)CC(C)(C)C)c1cccc(Cl)c1. The van der Waals surface area contributed by atoms with Crippen molar-refractivity contribution in [1.82, 2.24) is 5.32 Å². The number of rotatable bonds is 5. The average Bonchev–Trinajstić information content (AvgIpc) is 2.34. The maximum absolute atomic E-state index is 12.3. The molecule has 0 saturated heterocycles. The van der Waals surface area contributed by atoms with E-state index in [-0.39, 0.29) is 23.3 Å². The number of benzene rings is 1. The largest absolute Gasteiger partial charge is 0.349 e. The van der Waals surface area contributed by atoms with Gasteiger partial charge in [-0.15, -0.1) is 0 Å². The number of halogens is 1. The summed E-state index contributed by atoms with van der Waals surface area (Å²) >= 11 is 5.97. The van der Waals surface area contributed by atoms with Gasteiger partial charge in [0.1, 0.15) is 0 Å². The van der Waals surface area contributed by atoms with Crippen LogP contribution in [-0.2, 0) is 4.79 Å². The van der Waals surface area contributed by atoms with E-state index in [4.69, 9.17) is 17.3 Å². The van der Waals surface area contributed by atoms with Crippen LogP contribution in [0.1, 0.15) is 45.7 Å². The van der Waals surface area contributed by atoms with Crippen LogP contribution < -0.4 is 11.1 Å². The predicted molar refractivity (Wildman–Crippen MR) is 84.6 cm³/mol. The lowest BCUT2D eigenvalue weighted by Gasteiger charge is -2.26.